The molecule has 6 nitrogen and oxygen atoms in total. The second-order valence-corrected chi connectivity index (χ2v) is 7.37. The molecule has 0 N–H and O–H groups in total. The predicted molar refractivity (Wildman–Crippen MR) is 111 cm³/mol. The van der Waals surface area contributed by atoms with Crippen molar-refractivity contribution in [2.24, 2.45) is 0 Å². The topological polar surface area (TPSA) is 65.1 Å². The number of rotatable bonds is 6. The van der Waals surface area contributed by atoms with Crippen LogP contribution in [-0.4, -0.2) is 39.6 Å². The molecule has 0 aliphatic carbocycles. The minimum Gasteiger partial charge on any atom is -0.497 e. The van der Waals surface area contributed by atoms with Gasteiger partial charge >= 0.3 is 5.97 Å². The summed E-state index contributed by atoms with van der Waals surface area (Å²) in [7, 11) is 4.93. The van der Waals surface area contributed by atoms with Crippen LogP contribution < -0.4 is 14.4 Å². The van der Waals surface area contributed by atoms with Crippen molar-refractivity contribution in [1.29, 1.82) is 0 Å². The van der Waals surface area contributed by atoms with Crippen molar-refractivity contribution >= 4 is 17.4 Å². The molecular weight excluding hydrogens is 370 g/mol. The molecule has 0 spiro atoms. The molecule has 1 aliphatic rings. The first-order chi connectivity index (χ1) is 13.8. The van der Waals surface area contributed by atoms with E-state index in [9.17, 15) is 9.59 Å². The van der Waals surface area contributed by atoms with Crippen LogP contribution in [0.1, 0.15) is 29.8 Å². The molecule has 1 heterocycles. The van der Waals surface area contributed by atoms with Crippen LogP contribution in [0.5, 0.6) is 11.5 Å². The Hall–Kier alpha value is -3.28. The van der Waals surface area contributed by atoms with Gasteiger partial charge in [-0.15, -0.1) is 0 Å². The average Bonchev–Trinajstić information content (AvgIpc) is 2.92. The molecule has 152 valence electrons. The van der Waals surface area contributed by atoms with E-state index < -0.39 is 5.97 Å². The Balaban J connectivity index is 1.73. The van der Waals surface area contributed by atoms with Crippen molar-refractivity contribution < 1.29 is 23.8 Å². The van der Waals surface area contributed by atoms with Crippen LogP contribution in [-0.2, 0) is 14.9 Å². The number of hydrogen-bond donors (Lipinski definition) is 0. The monoisotopic (exact) mass is 395 g/mol. The van der Waals surface area contributed by atoms with Crippen molar-refractivity contribution in [3.8, 4) is 11.5 Å². The average molecular weight is 395 g/mol. The molecule has 2 aromatic rings. The summed E-state index contributed by atoms with van der Waals surface area (Å²) in [4.78, 5) is 26.9. The first-order valence-electron chi connectivity index (χ1n) is 9.26. The summed E-state index contributed by atoms with van der Waals surface area (Å²) >= 11 is 0. The van der Waals surface area contributed by atoms with Crippen molar-refractivity contribution in [1.82, 2.24) is 0 Å². The Kier molecular flexibility index (Phi) is 5.64. The minimum absolute atomic E-state index is 0.257. The number of ether oxygens (including phenoxy) is 3. The zero-order chi connectivity index (χ0) is 21.2. The third-order valence-electron chi connectivity index (χ3n) is 5.17. The molecule has 0 saturated heterocycles. The molecule has 3 rings (SSSR count). The lowest BCUT2D eigenvalue weighted by Gasteiger charge is -2.23. The van der Waals surface area contributed by atoms with Gasteiger partial charge in [-0.25, -0.2) is 4.79 Å². The second kappa shape index (κ2) is 7.99. The van der Waals surface area contributed by atoms with E-state index in [4.69, 9.17) is 14.2 Å². The molecule has 0 atom stereocenters. The molecule has 0 saturated carbocycles. The van der Waals surface area contributed by atoms with Crippen LogP contribution in [0.4, 0.5) is 5.69 Å². The second-order valence-electron chi connectivity index (χ2n) is 7.37. The van der Waals surface area contributed by atoms with Gasteiger partial charge in [0, 0.05) is 36.0 Å². The molecule has 0 aromatic heterocycles. The molecule has 0 bridgehead atoms. The number of hydrogen-bond acceptors (Lipinski definition) is 6. The largest absolute Gasteiger partial charge is 0.497 e. The number of allylic oxidation sites excluding steroid dienone is 1. The number of anilines is 1. The fourth-order valence-electron chi connectivity index (χ4n) is 3.60. The fraction of sp³-hybridized carbons (Fsp3) is 0.304. The van der Waals surface area contributed by atoms with Crippen LogP contribution in [0.15, 0.2) is 54.2 Å². The van der Waals surface area contributed by atoms with E-state index in [1.54, 1.807) is 12.1 Å². The molecule has 2 aromatic carbocycles. The first kappa shape index (κ1) is 20.5. The maximum absolute atomic E-state index is 12.5. The van der Waals surface area contributed by atoms with Gasteiger partial charge in [-0.3, -0.25) is 4.79 Å². The van der Waals surface area contributed by atoms with Gasteiger partial charge in [0.25, 0.3) is 0 Å². The Morgan fingerprint density at radius 2 is 1.66 bits per heavy atom. The lowest BCUT2D eigenvalue weighted by molar-refractivity contribution is -0.117. The molecule has 0 unspecified atom stereocenters. The van der Waals surface area contributed by atoms with E-state index in [1.807, 2.05) is 30.1 Å². The summed E-state index contributed by atoms with van der Waals surface area (Å²) in [5, 5.41) is 0. The van der Waals surface area contributed by atoms with E-state index in [1.165, 1.54) is 26.4 Å². The standard InChI is InChI=1S/C23H25NO5/c1-23(2)19-8-6-7-9-20(19)24(3)21(23)12-16(25)14-29-22(26)15-10-17(27-4)13-18(11-15)28-5/h6-13H,14H2,1-5H3. The number of fused-ring (bicyclic) bond motifs is 1. The number of ketones is 1. The van der Waals surface area contributed by atoms with Gasteiger partial charge in [-0.05, 0) is 23.8 Å². The Bertz CT molecular complexity index is 955. The summed E-state index contributed by atoms with van der Waals surface area (Å²) in [6.45, 7) is 3.80. The third-order valence-corrected chi connectivity index (χ3v) is 5.17. The van der Waals surface area contributed by atoms with Gasteiger partial charge in [0.2, 0.25) is 0 Å². The molecule has 29 heavy (non-hydrogen) atoms. The van der Waals surface area contributed by atoms with E-state index in [2.05, 4.69) is 19.9 Å². The maximum atomic E-state index is 12.5. The summed E-state index contributed by atoms with van der Waals surface area (Å²) in [5.74, 6) is 0.0425. The zero-order valence-corrected chi connectivity index (χ0v) is 17.3. The fourth-order valence-corrected chi connectivity index (χ4v) is 3.60. The maximum Gasteiger partial charge on any atom is 0.338 e. The van der Waals surface area contributed by atoms with Crippen LogP contribution in [0, 0.1) is 0 Å². The van der Waals surface area contributed by atoms with Crippen molar-refractivity contribution in [2.75, 3.05) is 32.8 Å². The Morgan fingerprint density at radius 3 is 2.24 bits per heavy atom. The van der Waals surface area contributed by atoms with Gasteiger partial charge < -0.3 is 19.1 Å². The molecule has 1 aliphatic heterocycles. The molecule has 0 amide bonds. The lowest BCUT2D eigenvalue weighted by Crippen LogP contribution is -2.25. The Labute approximate surface area is 170 Å². The number of likely N-dealkylation sites (N-methyl/N-ethyl adjacent to an activating group) is 1. The molecule has 0 fully saturated rings. The number of esters is 1. The smallest absolute Gasteiger partial charge is 0.338 e. The number of carbonyl (C=O) groups is 2. The van der Waals surface area contributed by atoms with Crippen molar-refractivity contribution in [3.63, 3.8) is 0 Å². The lowest BCUT2D eigenvalue weighted by atomic mass is 9.83. The highest BCUT2D eigenvalue weighted by atomic mass is 16.5. The van der Waals surface area contributed by atoms with Crippen LogP contribution in [0.3, 0.4) is 0 Å². The number of methoxy groups -OCH3 is 2. The number of para-hydroxylation sites is 1. The molecular formula is C23H25NO5. The highest BCUT2D eigenvalue weighted by molar-refractivity contribution is 5.97. The van der Waals surface area contributed by atoms with Gasteiger partial charge in [0.1, 0.15) is 11.5 Å². The van der Waals surface area contributed by atoms with Crippen molar-refractivity contribution in [3.05, 3.63) is 65.4 Å². The SMILES string of the molecule is COc1cc(OC)cc(C(=O)OCC(=O)C=C2N(C)c3ccccc3C2(C)C)c1. The summed E-state index contributed by atoms with van der Waals surface area (Å²) < 4.78 is 15.5. The van der Waals surface area contributed by atoms with E-state index in [0.29, 0.717) is 11.5 Å². The van der Waals surface area contributed by atoms with Crippen LogP contribution >= 0.6 is 0 Å². The summed E-state index contributed by atoms with van der Waals surface area (Å²) in [6, 6.07) is 12.8. The first-order valence-corrected chi connectivity index (χ1v) is 9.26. The number of benzene rings is 2. The Morgan fingerprint density at radius 1 is 1.03 bits per heavy atom. The highest BCUT2D eigenvalue weighted by Crippen LogP contribution is 2.46. The van der Waals surface area contributed by atoms with Gasteiger partial charge in [-0.1, -0.05) is 32.0 Å². The highest BCUT2D eigenvalue weighted by Gasteiger charge is 2.38. The molecule has 6 heteroatoms. The third kappa shape index (κ3) is 3.97. The van der Waals surface area contributed by atoms with E-state index in [0.717, 1.165) is 16.9 Å². The zero-order valence-electron chi connectivity index (χ0n) is 17.3. The van der Waals surface area contributed by atoms with Crippen molar-refractivity contribution in [2.45, 2.75) is 19.3 Å². The van der Waals surface area contributed by atoms with Gasteiger partial charge in [0.15, 0.2) is 12.4 Å². The van der Waals surface area contributed by atoms with E-state index >= 15 is 0 Å². The summed E-state index contributed by atoms with van der Waals surface area (Å²) in [5.41, 5.74) is 3.03. The van der Waals surface area contributed by atoms with Crippen LogP contribution in [0.25, 0.3) is 0 Å². The van der Waals surface area contributed by atoms with E-state index in [-0.39, 0.29) is 23.4 Å². The predicted octanol–water partition coefficient (Wildman–Crippen LogP) is 3.74. The summed E-state index contributed by atoms with van der Waals surface area (Å²) in [6.07, 6.45) is 1.56. The number of nitrogens with zero attached hydrogens (tertiary/aromatic N) is 1. The quantitative estimate of drug-likeness (QED) is 0.548. The normalized spacial score (nSPS) is 15.8. The minimum atomic E-state index is -0.615. The van der Waals surface area contributed by atoms with Gasteiger partial charge in [-0.2, -0.15) is 0 Å². The van der Waals surface area contributed by atoms with Crippen LogP contribution in [0.2, 0.25) is 0 Å². The van der Waals surface area contributed by atoms with Gasteiger partial charge in [0.05, 0.1) is 19.8 Å². The molecule has 0 radical (unpaired) electrons. The number of carbonyl (C=O) groups excluding carboxylic acids is 2.